The monoisotopic (exact) mass is 234 g/mol. The normalized spacial score (nSPS) is 70.6. The van der Waals surface area contributed by atoms with Crippen LogP contribution in [0.25, 0.3) is 0 Å². The lowest BCUT2D eigenvalue weighted by molar-refractivity contribution is -0.163. The van der Waals surface area contributed by atoms with E-state index in [-0.39, 0.29) is 29.0 Å². The van der Waals surface area contributed by atoms with Gasteiger partial charge in [0.15, 0.2) is 0 Å². The second kappa shape index (κ2) is 2.25. The molecule has 0 amide bonds. The van der Waals surface area contributed by atoms with Gasteiger partial charge < -0.3 is 9.90 Å². The molecule has 4 bridgehead atoms. The molecular weight excluding hydrogens is 216 g/mol. The number of fused-ring (bicyclic) bond motifs is 2. The second-order valence-electron chi connectivity index (χ2n) is 7.21. The first-order chi connectivity index (χ1) is 7.82. The summed E-state index contributed by atoms with van der Waals surface area (Å²) < 4.78 is 0. The first-order valence-corrected chi connectivity index (χ1v) is 6.55. The Hall–Kier alpha value is -0.700. The van der Waals surface area contributed by atoms with Gasteiger partial charge >= 0.3 is 0 Å². The zero-order chi connectivity index (χ0) is 12.4. The van der Waals surface area contributed by atoms with Gasteiger partial charge in [-0.2, -0.15) is 0 Å². The van der Waals surface area contributed by atoms with Gasteiger partial charge in [0.25, 0.3) is 0 Å². The van der Waals surface area contributed by atoms with Crippen LogP contribution in [0.5, 0.6) is 0 Å². The van der Waals surface area contributed by atoms with Crippen molar-refractivity contribution in [3.05, 3.63) is 0 Å². The Morgan fingerprint density at radius 1 is 1.29 bits per heavy atom. The van der Waals surface area contributed by atoms with Crippen molar-refractivity contribution in [3.8, 4) is 0 Å². The summed E-state index contributed by atoms with van der Waals surface area (Å²) in [5.74, 6) is 1.22. The lowest BCUT2D eigenvalue weighted by atomic mass is 9.59. The largest absolute Gasteiger partial charge is 0.388 e. The number of Topliss-reactive ketones (excluding diaryl/α,β-unsaturated/α-hetero) is 1. The van der Waals surface area contributed by atoms with Crippen LogP contribution >= 0.6 is 0 Å². The number of rotatable bonds is 1. The molecule has 0 aliphatic heterocycles. The molecule has 0 aromatic rings. The van der Waals surface area contributed by atoms with Crippen LogP contribution in [0.1, 0.15) is 27.2 Å². The third-order valence-corrected chi connectivity index (χ3v) is 6.97. The third-order valence-electron chi connectivity index (χ3n) is 6.97. The van der Waals surface area contributed by atoms with E-state index in [2.05, 4.69) is 6.92 Å². The molecule has 4 saturated carbocycles. The molecule has 0 saturated heterocycles. The standard InChI is InChI=1S/C14H18O3/c1-12-8(5-15)14(3,17)13(2)10(12)7-4-6(7)9(12)11(13)16/h5-10,17H,4H2,1-3H3. The van der Waals surface area contributed by atoms with Gasteiger partial charge in [0.1, 0.15) is 12.1 Å². The van der Waals surface area contributed by atoms with Gasteiger partial charge in [-0.1, -0.05) is 6.92 Å². The Kier molecular flexibility index (Phi) is 1.36. The summed E-state index contributed by atoms with van der Waals surface area (Å²) in [5.41, 5.74) is -2.12. The number of hydrogen-bond acceptors (Lipinski definition) is 3. The molecule has 1 N–H and O–H groups in total. The van der Waals surface area contributed by atoms with Gasteiger partial charge in [-0.25, -0.2) is 0 Å². The maximum Gasteiger partial charge on any atom is 0.145 e. The maximum absolute atomic E-state index is 12.6. The summed E-state index contributed by atoms with van der Waals surface area (Å²) >= 11 is 0. The van der Waals surface area contributed by atoms with Crippen molar-refractivity contribution in [2.75, 3.05) is 0 Å². The van der Waals surface area contributed by atoms with Crippen LogP contribution in [0.15, 0.2) is 0 Å². The molecule has 0 aromatic carbocycles. The maximum atomic E-state index is 12.6. The van der Waals surface area contributed by atoms with Crippen LogP contribution in [-0.2, 0) is 9.59 Å². The predicted molar refractivity (Wildman–Crippen MR) is 60.0 cm³/mol. The van der Waals surface area contributed by atoms with E-state index < -0.39 is 11.0 Å². The fourth-order valence-corrected chi connectivity index (χ4v) is 6.28. The van der Waals surface area contributed by atoms with E-state index in [9.17, 15) is 14.7 Å². The summed E-state index contributed by atoms with van der Waals surface area (Å²) in [6.07, 6.45) is 2.04. The van der Waals surface area contributed by atoms with Gasteiger partial charge in [0.05, 0.1) is 16.9 Å². The van der Waals surface area contributed by atoms with Crippen LogP contribution in [0.3, 0.4) is 0 Å². The van der Waals surface area contributed by atoms with Crippen LogP contribution in [-0.4, -0.2) is 22.8 Å². The van der Waals surface area contributed by atoms with Crippen LogP contribution in [0.2, 0.25) is 0 Å². The molecule has 4 rings (SSSR count). The molecule has 4 fully saturated rings. The molecule has 8 unspecified atom stereocenters. The smallest absolute Gasteiger partial charge is 0.145 e. The molecule has 3 nitrogen and oxygen atoms in total. The summed E-state index contributed by atoms with van der Waals surface area (Å²) in [6, 6.07) is 0. The van der Waals surface area contributed by atoms with Gasteiger partial charge in [0, 0.05) is 5.92 Å². The average Bonchev–Trinajstić information content (AvgIpc) is 2.85. The highest BCUT2D eigenvalue weighted by molar-refractivity contribution is 5.97. The van der Waals surface area contributed by atoms with Gasteiger partial charge in [-0.05, 0) is 43.4 Å². The molecular formula is C14H18O3. The number of hydrogen-bond donors (Lipinski definition) is 1. The molecule has 4 aliphatic rings. The Balaban J connectivity index is 2.01. The fourth-order valence-electron chi connectivity index (χ4n) is 6.28. The average molecular weight is 234 g/mol. The minimum absolute atomic E-state index is 0.0397. The highest BCUT2D eigenvalue weighted by atomic mass is 16.3. The Morgan fingerprint density at radius 2 is 1.94 bits per heavy atom. The molecule has 0 radical (unpaired) electrons. The van der Waals surface area contributed by atoms with Crippen molar-refractivity contribution < 1.29 is 14.7 Å². The minimum Gasteiger partial charge on any atom is -0.388 e. The van der Waals surface area contributed by atoms with E-state index in [1.165, 1.54) is 0 Å². The van der Waals surface area contributed by atoms with Gasteiger partial charge in [-0.15, -0.1) is 0 Å². The van der Waals surface area contributed by atoms with Crippen LogP contribution < -0.4 is 0 Å². The van der Waals surface area contributed by atoms with E-state index in [1.807, 2.05) is 6.92 Å². The van der Waals surface area contributed by atoms with Crippen molar-refractivity contribution in [2.45, 2.75) is 32.8 Å². The Morgan fingerprint density at radius 3 is 2.53 bits per heavy atom. The van der Waals surface area contributed by atoms with Gasteiger partial charge in [-0.3, -0.25) is 4.79 Å². The molecule has 3 heteroatoms. The minimum atomic E-state index is -1.16. The summed E-state index contributed by atoms with van der Waals surface area (Å²) in [5, 5.41) is 10.7. The number of ketones is 1. The first-order valence-electron chi connectivity index (χ1n) is 6.55. The van der Waals surface area contributed by atoms with Crippen molar-refractivity contribution in [2.24, 2.45) is 40.4 Å². The Bertz CT molecular complexity index is 468. The second-order valence-corrected chi connectivity index (χ2v) is 7.21. The van der Waals surface area contributed by atoms with E-state index in [1.54, 1.807) is 6.92 Å². The highest BCUT2D eigenvalue weighted by Crippen LogP contribution is 2.85. The number of carbonyl (C=O) groups excluding carboxylic acids is 2. The first kappa shape index (κ1) is 10.2. The summed E-state index contributed by atoms with van der Waals surface area (Å²) in [7, 11) is 0. The number of carbonyl (C=O) groups is 2. The summed E-state index contributed by atoms with van der Waals surface area (Å²) in [6.45, 7) is 5.66. The van der Waals surface area contributed by atoms with E-state index in [0.717, 1.165) is 12.7 Å². The zero-order valence-electron chi connectivity index (χ0n) is 10.4. The van der Waals surface area contributed by atoms with Crippen molar-refractivity contribution in [1.29, 1.82) is 0 Å². The number of aliphatic hydroxyl groups is 1. The molecule has 0 aromatic heterocycles. The molecule has 0 heterocycles. The lowest BCUT2D eigenvalue weighted by Crippen LogP contribution is -2.58. The van der Waals surface area contributed by atoms with Crippen molar-refractivity contribution in [1.82, 2.24) is 0 Å². The zero-order valence-corrected chi connectivity index (χ0v) is 10.4. The topological polar surface area (TPSA) is 54.4 Å². The van der Waals surface area contributed by atoms with Gasteiger partial charge in [0.2, 0.25) is 0 Å². The van der Waals surface area contributed by atoms with E-state index in [0.29, 0.717) is 11.8 Å². The summed E-state index contributed by atoms with van der Waals surface area (Å²) in [4.78, 5) is 24.0. The molecule has 92 valence electrons. The molecule has 8 atom stereocenters. The van der Waals surface area contributed by atoms with Crippen LogP contribution in [0, 0.1) is 40.4 Å². The SMILES string of the molecule is CC12C3C(=O)C(C)(C1C1CC13)C(C)(O)C2C=O. The molecule has 4 aliphatic carbocycles. The third kappa shape index (κ3) is 0.655. The van der Waals surface area contributed by atoms with E-state index in [4.69, 9.17) is 0 Å². The van der Waals surface area contributed by atoms with E-state index >= 15 is 0 Å². The molecule has 0 spiro atoms. The van der Waals surface area contributed by atoms with Crippen LogP contribution in [0.4, 0.5) is 0 Å². The fraction of sp³-hybridized carbons (Fsp3) is 0.857. The Labute approximate surface area is 101 Å². The molecule has 17 heavy (non-hydrogen) atoms. The lowest BCUT2D eigenvalue weighted by Gasteiger charge is -2.46. The quantitative estimate of drug-likeness (QED) is 0.690. The van der Waals surface area contributed by atoms with Crippen molar-refractivity contribution in [3.63, 3.8) is 0 Å². The van der Waals surface area contributed by atoms with Crippen molar-refractivity contribution >= 4 is 12.1 Å². The number of aldehydes is 1. The highest BCUT2D eigenvalue weighted by Gasteiger charge is 2.89. The predicted octanol–water partition coefficient (Wildman–Crippen LogP) is 1.04.